The molecule has 0 N–H and O–H groups in total. The van der Waals surface area contributed by atoms with Crippen LogP contribution in [-0.4, -0.2) is 5.78 Å². The largest absolute Gasteiger partial charge is 0.294 e. The first-order chi connectivity index (χ1) is 9.00. The molecule has 0 aliphatic rings. The lowest BCUT2D eigenvalue weighted by molar-refractivity contribution is 0.0988. The number of Topliss-reactive ketones (excluding diaryl/α,β-unsaturated/α-hetero) is 1. The van der Waals surface area contributed by atoms with Crippen molar-refractivity contribution in [2.45, 2.75) is 6.42 Å². The third-order valence-electron chi connectivity index (χ3n) is 2.63. The number of hydrogen-bond acceptors (Lipinski definition) is 1. The van der Waals surface area contributed by atoms with E-state index >= 15 is 0 Å². The molecule has 0 aliphatic carbocycles. The summed E-state index contributed by atoms with van der Waals surface area (Å²) in [5.41, 5.74) is 0.0461. The van der Waals surface area contributed by atoms with Crippen LogP contribution < -0.4 is 0 Å². The first-order valence-electron chi connectivity index (χ1n) is 5.41. The van der Waals surface area contributed by atoms with Crippen LogP contribution in [0.15, 0.2) is 40.9 Å². The Bertz CT molecular complexity index is 641. The molecule has 0 heterocycles. The number of carbonyl (C=O) groups is 1. The van der Waals surface area contributed by atoms with Crippen molar-refractivity contribution in [1.29, 1.82) is 0 Å². The van der Waals surface area contributed by atoms with Gasteiger partial charge in [-0.3, -0.25) is 4.79 Å². The molecule has 0 aliphatic heterocycles. The molecule has 0 unspecified atom stereocenters. The molecular formula is C14H8BrF3O. The van der Waals surface area contributed by atoms with Gasteiger partial charge in [0.1, 0.15) is 5.82 Å². The molecule has 2 rings (SSSR count). The molecule has 0 spiro atoms. The molecule has 0 aromatic heterocycles. The van der Waals surface area contributed by atoms with E-state index in [2.05, 4.69) is 15.9 Å². The first kappa shape index (κ1) is 13.8. The van der Waals surface area contributed by atoms with Gasteiger partial charge in [-0.2, -0.15) is 0 Å². The van der Waals surface area contributed by atoms with Gasteiger partial charge in [-0.1, -0.05) is 18.2 Å². The maximum absolute atomic E-state index is 13.5. The zero-order chi connectivity index (χ0) is 14.0. The van der Waals surface area contributed by atoms with Gasteiger partial charge in [0, 0.05) is 6.42 Å². The van der Waals surface area contributed by atoms with Crippen molar-refractivity contribution in [2.75, 3.05) is 0 Å². The Hall–Kier alpha value is -1.62. The van der Waals surface area contributed by atoms with Crippen molar-refractivity contribution >= 4 is 21.7 Å². The molecule has 5 heteroatoms. The van der Waals surface area contributed by atoms with Crippen LogP contribution in [-0.2, 0) is 6.42 Å². The maximum Gasteiger partial charge on any atom is 0.170 e. The zero-order valence-electron chi connectivity index (χ0n) is 9.59. The lowest BCUT2D eigenvalue weighted by atomic mass is 10.0. The molecule has 1 nitrogen and oxygen atoms in total. The summed E-state index contributed by atoms with van der Waals surface area (Å²) in [7, 11) is 0. The SMILES string of the molecule is O=C(Cc1cccc(F)c1Br)c1cccc(F)c1F. The van der Waals surface area contributed by atoms with E-state index in [1.807, 2.05) is 0 Å². The van der Waals surface area contributed by atoms with E-state index in [0.717, 1.165) is 6.07 Å². The fourth-order valence-corrected chi connectivity index (χ4v) is 2.08. The highest BCUT2D eigenvalue weighted by Gasteiger charge is 2.17. The van der Waals surface area contributed by atoms with Gasteiger partial charge in [0.05, 0.1) is 10.0 Å². The van der Waals surface area contributed by atoms with Gasteiger partial charge in [0.25, 0.3) is 0 Å². The zero-order valence-corrected chi connectivity index (χ0v) is 11.2. The first-order valence-corrected chi connectivity index (χ1v) is 6.20. The molecule has 19 heavy (non-hydrogen) atoms. The van der Waals surface area contributed by atoms with Crippen LogP contribution in [0.2, 0.25) is 0 Å². The van der Waals surface area contributed by atoms with Gasteiger partial charge in [0.2, 0.25) is 0 Å². The minimum Gasteiger partial charge on any atom is -0.294 e. The molecule has 0 fully saturated rings. The summed E-state index contributed by atoms with van der Waals surface area (Å²) >= 11 is 3.02. The second kappa shape index (κ2) is 5.57. The second-order valence-corrected chi connectivity index (χ2v) is 4.71. The molecular weight excluding hydrogens is 321 g/mol. The fourth-order valence-electron chi connectivity index (χ4n) is 1.67. The van der Waals surface area contributed by atoms with Crippen molar-refractivity contribution in [2.24, 2.45) is 0 Å². The average Bonchev–Trinajstić information content (AvgIpc) is 2.38. The Balaban J connectivity index is 2.31. The summed E-state index contributed by atoms with van der Waals surface area (Å²) < 4.78 is 39.9. The van der Waals surface area contributed by atoms with Crippen LogP contribution in [0.1, 0.15) is 15.9 Å². The van der Waals surface area contributed by atoms with E-state index in [1.54, 1.807) is 6.07 Å². The van der Waals surface area contributed by atoms with E-state index in [0.29, 0.717) is 5.56 Å². The lowest BCUT2D eigenvalue weighted by Crippen LogP contribution is -2.08. The number of carbonyl (C=O) groups excluding carboxylic acids is 1. The van der Waals surface area contributed by atoms with Crippen LogP contribution in [0.5, 0.6) is 0 Å². The van der Waals surface area contributed by atoms with Gasteiger partial charge in [0.15, 0.2) is 17.4 Å². The molecule has 0 saturated carbocycles. The van der Waals surface area contributed by atoms with E-state index < -0.39 is 23.2 Å². The summed E-state index contributed by atoms with van der Waals surface area (Å²) in [6.07, 6.45) is -0.210. The van der Waals surface area contributed by atoms with Crippen molar-refractivity contribution in [3.05, 3.63) is 69.4 Å². The quantitative estimate of drug-likeness (QED) is 0.768. The van der Waals surface area contributed by atoms with Crippen molar-refractivity contribution in [1.82, 2.24) is 0 Å². The standard InChI is InChI=1S/C14H8BrF3O/c15-13-8(3-1-5-10(13)16)7-12(19)9-4-2-6-11(17)14(9)18/h1-6H,7H2. The van der Waals surface area contributed by atoms with Gasteiger partial charge in [-0.15, -0.1) is 0 Å². The van der Waals surface area contributed by atoms with E-state index in [4.69, 9.17) is 0 Å². The summed E-state index contributed by atoms with van der Waals surface area (Å²) in [6.45, 7) is 0. The van der Waals surface area contributed by atoms with E-state index in [9.17, 15) is 18.0 Å². The van der Waals surface area contributed by atoms with E-state index in [-0.39, 0.29) is 16.5 Å². The van der Waals surface area contributed by atoms with Crippen LogP contribution in [0.3, 0.4) is 0 Å². The molecule has 2 aromatic carbocycles. The highest BCUT2D eigenvalue weighted by molar-refractivity contribution is 9.10. The maximum atomic E-state index is 13.5. The fraction of sp³-hybridized carbons (Fsp3) is 0.0714. The predicted molar refractivity (Wildman–Crippen MR) is 68.5 cm³/mol. The number of halogens is 4. The number of rotatable bonds is 3. The van der Waals surface area contributed by atoms with Crippen LogP contribution in [0.25, 0.3) is 0 Å². The molecule has 0 saturated heterocycles. The molecule has 0 bridgehead atoms. The van der Waals surface area contributed by atoms with Crippen molar-refractivity contribution in [3.63, 3.8) is 0 Å². The Morgan fingerprint density at radius 3 is 2.37 bits per heavy atom. The molecule has 0 radical (unpaired) electrons. The van der Waals surface area contributed by atoms with Gasteiger partial charge in [-0.25, -0.2) is 13.2 Å². The van der Waals surface area contributed by atoms with Gasteiger partial charge >= 0.3 is 0 Å². The summed E-state index contributed by atoms with van der Waals surface area (Å²) in [5, 5.41) is 0. The number of benzene rings is 2. The molecule has 2 aromatic rings. The third kappa shape index (κ3) is 2.87. The molecule has 0 amide bonds. The third-order valence-corrected chi connectivity index (χ3v) is 3.52. The number of ketones is 1. The normalized spacial score (nSPS) is 10.5. The minimum absolute atomic E-state index is 0.153. The smallest absolute Gasteiger partial charge is 0.170 e. The van der Waals surface area contributed by atoms with Gasteiger partial charge < -0.3 is 0 Å². The highest BCUT2D eigenvalue weighted by Crippen LogP contribution is 2.22. The van der Waals surface area contributed by atoms with Crippen LogP contribution >= 0.6 is 15.9 Å². The number of hydrogen-bond donors (Lipinski definition) is 0. The van der Waals surface area contributed by atoms with Crippen LogP contribution in [0, 0.1) is 17.5 Å². The molecule has 0 atom stereocenters. The lowest BCUT2D eigenvalue weighted by Gasteiger charge is -2.06. The summed E-state index contributed by atoms with van der Waals surface area (Å²) in [5.74, 6) is -3.38. The van der Waals surface area contributed by atoms with Crippen LogP contribution in [0.4, 0.5) is 13.2 Å². The Kier molecular flexibility index (Phi) is 4.04. The second-order valence-electron chi connectivity index (χ2n) is 3.91. The minimum atomic E-state index is -1.18. The average molecular weight is 329 g/mol. The Morgan fingerprint density at radius 2 is 1.63 bits per heavy atom. The molecule has 98 valence electrons. The topological polar surface area (TPSA) is 17.1 Å². The summed E-state index contributed by atoms with van der Waals surface area (Å²) in [4.78, 5) is 11.9. The monoisotopic (exact) mass is 328 g/mol. The van der Waals surface area contributed by atoms with E-state index in [1.165, 1.54) is 24.3 Å². The van der Waals surface area contributed by atoms with Gasteiger partial charge in [-0.05, 0) is 39.7 Å². The highest BCUT2D eigenvalue weighted by atomic mass is 79.9. The summed E-state index contributed by atoms with van der Waals surface area (Å²) in [6, 6.07) is 7.62. The Labute approximate surface area is 116 Å². The Morgan fingerprint density at radius 1 is 1.00 bits per heavy atom. The van der Waals surface area contributed by atoms with Crippen molar-refractivity contribution in [3.8, 4) is 0 Å². The predicted octanol–water partition coefficient (Wildman–Crippen LogP) is 4.29. The van der Waals surface area contributed by atoms with Crippen molar-refractivity contribution < 1.29 is 18.0 Å².